The van der Waals surface area contributed by atoms with Crippen LogP contribution < -0.4 is 5.32 Å². The number of aryl methyl sites for hydroxylation is 1. The van der Waals surface area contributed by atoms with Crippen molar-refractivity contribution in [3.05, 3.63) is 29.6 Å². The van der Waals surface area contributed by atoms with E-state index in [1.165, 1.54) is 5.56 Å². The number of hydrogen-bond donors (Lipinski definition) is 1. The van der Waals surface area contributed by atoms with Crippen LogP contribution in [0.15, 0.2) is 18.3 Å². The van der Waals surface area contributed by atoms with Crippen LogP contribution in [0.1, 0.15) is 51.8 Å². The van der Waals surface area contributed by atoms with Gasteiger partial charge in [-0.15, -0.1) is 0 Å². The summed E-state index contributed by atoms with van der Waals surface area (Å²) in [6, 6.07) is 4.68. The molecule has 1 N–H and O–H groups in total. The molecular weight excluding hydrogens is 248 g/mol. The number of rotatable bonds is 10. The quantitative estimate of drug-likeness (QED) is 0.712. The van der Waals surface area contributed by atoms with Crippen LogP contribution in [0.2, 0.25) is 0 Å². The highest BCUT2D eigenvalue weighted by Crippen LogP contribution is 2.13. The number of hydrogen-bond acceptors (Lipinski definition) is 3. The van der Waals surface area contributed by atoms with Crippen molar-refractivity contribution in [2.75, 3.05) is 13.2 Å². The molecule has 1 rings (SSSR count). The maximum atomic E-state index is 5.92. The van der Waals surface area contributed by atoms with Crippen molar-refractivity contribution in [1.29, 1.82) is 0 Å². The van der Waals surface area contributed by atoms with Crippen LogP contribution in [-0.2, 0) is 17.6 Å². The molecule has 0 fully saturated rings. The van der Waals surface area contributed by atoms with Crippen LogP contribution in [-0.4, -0.2) is 30.3 Å². The molecular formula is C17H30N2O. The predicted molar refractivity (Wildman–Crippen MR) is 85.1 cm³/mol. The molecule has 0 bridgehead atoms. The molecule has 0 aromatic carbocycles. The molecule has 0 saturated heterocycles. The maximum Gasteiger partial charge on any atom is 0.0731 e. The normalized spacial score (nSPS) is 14.2. The first kappa shape index (κ1) is 17.1. The smallest absolute Gasteiger partial charge is 0.0731 e. The van der Waals surface area contributed by atoms with Gasteiger partial charge >= 0.3 is 0 Å². The summed E-state index contributed by atoms with van der Waals surface area (Å²) >= 11 is 0. The summed E-state index contributed by atoms with van der Waals surface area (Å²) in [5.41, 5.74) is 2.44. The molecule has 0 saturated carbocycles. The van der Waals surface area contributed by atoms with E-state index in [4.69, 9.17) is 4.74 Å². The molecule has 3 nitrogen and oxygen atoms in total. The molecule has 114 valence electrons. The molecule has 2 unspecified atom stereocenters. The second-order valence-electron chi connectivity index (χ2n) is 5.16. The minimum absolute atomic E-state index is 0.276. The van der Waals surface area contributed by atoms with E-state index in [0.717, 1.165) is 44.5 Å². The lowest BCUT2D eigenvalue weighted by Crippen LogP contribution is -2.43. The SMILES string of the molecule is CCCC(OCC)C(Cc1ccc(CC)cn1)NCC. The third-order valence-corrected chi connectivity index (χ3v) is 3.59. The van der Waals surface area contributed by atoms with Crippen molar-refractivity contribution in [3.8, 4) is 0 Å². The van der Waals surface area contributed by atoms with E-state index in [1.54, 1.807) is 0 Å². The first-order valence-electron chi connectivity index (χ1n) is 8.03. The Kier molecular flexibility index (Phi) is 8.47. The summed E-state index contributed by atoms with van der Waals surface area (Å²) in [7, 11) is 0. The molecule has 0 aliphatic carbocycles. The van der Waals surface area contributed by atoms with E-state index in [0.29, 0.717) is 6.04 Å². The summed E-state index contributed by atoms with van der Waals surface area (Å²) in [6.45, 7) is 10.3. The Hall–Kier alpha value is -0.930. The Morgan fingerprint density at radius 2 is 2.00 bits per heavy atom. The zero-order chi connectivity index (χ0) is 14.8. The van der Waals surface area contributed by atoms with Crippen molar-refractivity contribution in [2.45, 2.75) is 65.5 Å². The Morgan fingerprint density at radius 3 is 2.50 bits per heavy atom. The Morgan fingerprint density at radius 1 is 1.20 bits per heavy atom. The lowest BCUT2D eigenvalue weighted by Gasteiger charge is -2.27. The van der Waals surface area contributed by atoms with Gasteiger partial charge in [0, 0.05) is 31.0 Å². The number of nitrogens with one attached hydrogen (secondary N) is 1. The van der Waals surface area contributed by atoms with Crippen molar-refractivity contribution >= 4 is 0 Å². The zero-order valence-electron chi connectivity index (χ0n) is 13.5. The molecule has 1 aromatic heterocycles. The molecule has 0 aliphatic heterocycles. The minimum atomic E-state index is 0.276. The van der Waals surface area contributed by atoms with Crippen LogP contribution in [0.25, 0.3) is 0 Å². The summed E-state index contributed by atoms with van der Waals surface area (Å²) in [4.78, 5) is 4.58. The van der Waals surface area contributed by atoms with Gasteiger partial charge in [-0.2, -0.15) is 0 Å². The molecule has 0 amide bonds. The minimum Gasteiger partial charge on any atom is -0.377 e. The fourth-order valence-electron chi connectivity index (χ4n) is 2.51. The van der Waals surface area contributed by atoms with E-state index in [2.05, 4.69) is 50.1 Å². The highest BCUT2D eigenvalue weighted by molar-refractivity contribution is 5.15. The van der Waals surface area contributed by atoms with Crippen LogP contribution >= 0.6 is 0 Å². The van der Waals surface area contributed by atoms with Gasteiger partial charge in [0.15, 0.2) is 0 Å². The summed E-state index contributed by atoms with van der Waals surface area (Å²) in [5, 5.41) is 3.56. The standard InChI is InChI=1S/C17H30N2O/c1-5-9-17(20-8-4)16(18-7-3)12-15-11-10-14(6-2)13-19-15/h10-11,13,16-18H,5-9,12H2,1-4H3. The summed E-state index contributed by atoms with van der Waals surface area (Å²) < 4.78 is 5.92. The summed E-state index contributed by atoms with van der Waals surface area (Å²) in [6.07, 6.45) is 6.49. The summed E-state index contributed by atoms with van der Waals surface area (Å²) in [5.74, 6) is 0. The number of likely N-dealkylation sites (N-methyl/N-ethyl adjacent to an activating group) is 1. The highest BCUT2D eigenvalue weighted by atomic mass is 16.5. The van der Waals surface area contributed by atoms with E-state index in [9.17, 15) is 0 Å². The molecule has 3 heteroatoms. The van der Waals surface area contributed by atoms with Gasteiger partial charge in [0.25, 0.3) is 0 Å². The second kappa shape index (κ2) is 9.89. The Bertz CT molecular complexity index is 345. The van der Waals surface area contributed by atoms with Crippen molar-refractivity contribution in [3.63, 3.8) is 0 Å². The Balaban J connectivity index is 2.72. The third kappa shape index (κ3) is 5.59. The topological polar surface area (TPSA) is 34.1 Å². The molecule has 20 heavy (non-hydrogen) atoms. The van der Waals surface area contributed by atoms with Crippen LogP contribution in [0.5, 0.6) is 0 Å². The first-order chi connectivity index (χ1) is 9.74. The Labute approximate surface area is 124 Å². The lowest BCUT2D eigenvalue weighted by molar-refractivity contribution is 0.0283. The van der Waals surface area contributed by atoms with Crippen LogP contribution in [0.4, 0.5) is 0 Å². The molecule has 1 aromatic rings. The van der Waals surface area contributed by atoms with Gasteiger partial charge in [-0.05, 0) is 37.9 Å². The van der Waals surface area contributed by atoms with Crippen molar-refractivity contribution in [1.82, 2.24) is 10.3 Å². The van der Waals surface area contributed by atoms with E-state index in [-0.39, 0.29) is 6.10 Å². The van der Waals surface area contributed by atoms with Gasteiger partial charge in [-0.25, -0.2) is 0 Å². The molecule has 2 atom stereocenters. The van der Waals surface area contributed by atoms with Crippen molar-refractivity contribution < 1.29 is 4.74 Å². The fraction of sp³-hybridized carbons (Fsp3) is 0.706. The fourth-order valence-corrected chi connectivity index (χ4v) is 2.51. The van der Waals surface area contributed by atoms with E-state index in [1.807, 2.05) is 6.20 Å². The molecule has 0 aliphatic rings. The maximum absolute atomic E-state index is 5.92. The predicted octanol–water partition coefficient (Wildman–Crippen LogP) is 3.37. The third-order valence-electron chi connectivity index (χ3n) is 3.59. The molecule has 0 spiro atoms. The average molecular weight is 278 g/mol. The number of nitrogens with zero attached hydrogens (tertiary/aromatic N) is 1. The largest absolute Gasteiger partial charge is 0.377 e. The highest BCUT2D eigenvalue weighted by Gasteiger charge is 2.21. The second-order valence-corrected chi connectivity index (χ2v) is 5.16. The zero-order valence-corrected chi connectivity index (χ0v) is 13.5. The van der Waals surface area contributed by atoms with E-state index >= 15 is 0 Å². The van der Waals surface area contributed by atoms with E-state index < -0.39 is 0 Å². The number of aromatic nitrogens is 1. The average Bonchev–Trinajstić information content (AvgIpc) is 2.47. The van der Waals surface area contributed by atoms with Gasteiger partial charge in [-0.3, -0.25) is 4.98 Å². The van der Waals surface area contributed by atoms with Gasteiger partial charge in [0.1, 0.15) is 0 Å². The lowest BCUT2D eigenvalue weighted by atomic mass is 10.0. The van der Waals surface area contributed by atoms with Gasteiger partial charge in [0.05, 0.1) is 6.10 Å². The van der Waals surface area contributed by atoms with Gasteiger partial charge in [-0.1, -0.05) is 33.3 Å². The molecule has 1 heterocycles. The van der Waals surface area contributed by atoms with Crippen LogP contribution in [0.3, 0.4) is 0 Å². The van der Waals surface area contributed by atoms with Crippen LogP contribution in [0, 0.1) is 0 Å². The number of ether oxygens (including phenoxy) is 1. The first-order valence-corrected chi connectivity index (χ1v) is 8.03. The molecule has 0 radical (unpaired) electrons. The van der Waals surface area contributed by atoms with Crippen molar-refractivity contribution in [2.24, 2.45) is 0 Å². The monoisotopic (exact) mass is 278 g/mol. The van der Waals surface area contributed by atoms with Gasteiger partial charge in [0.2, 0.25) is 0 Å². The van der Waals surface area contributed by atoms with Gasteiger partial charge < -0.3 is 10.1 Å². The number of pyridine rings is 1.